The van der Waals surface area contributed by atoms with Gasteiger partial charge in [-0.15, -0.1) is 0 Å². The largest absolute Gasteiger partial charge is 0.462 e. The lowest BCUT2D eigenvalue weighted by molar-refractivity contribution is 0.0485. The van der Waals surface area contributed by atoms with Crippen molar-refractivity contribution in [2.45, 2.75) is 12.8 Å². The first-order valence-corrected chi connectivity index (χ1v) is 4.92. The van der Waals surface area contributed by atoms with Crippen molar-refractivity contribution in [3.05, 3.63) is 29.0 Å². The van der Waals surface area contributed by atoms with Crippen LogP contribution in [0.1, 0.15) is 23.2 Å². The number of hydrogen-bond acceptors (Lipinski definition) is 3. The second-order valence-electron chi connectivity index (χ2n) is 3.41. The molecule has 1 fully saturated rings. The molecule has 1 saturated carbocycles. The minimum Gasteiger partial charge on any atom is -0.462 e. The molecule has 0 spiro atoms. The lowest BCUT2D eigenvalue weighted by atomic mass is 10.3. The van der Waals surface area contributed by atoms with Crippen LogP contribution >= 0.6 is 11.6 Å². The Morgan fingerprint density at radius 2 is 2.36 bits per heavy atom. The zero-order valence-electron chi connectivity index (χ0n) is 7.57. The molecule has 0 aromatic carbocycles. The van der Waals surface area contributed by atoms with Gasteiger partial charge in [0.25, 0.3) is 0 Å². The van der Waals surface area contributed by atoms with E-state index in [1.165, 1.54) is 19.0 Å². The van der Waals surface area contributed by atoms with Gasteiger partial charge in [-0.2, -0.15) is 0 Å². The third-order valence-electron chi connectivity index (χ3n) is 2.11. The van der Waals surface area contributed by atoms with Gasteiger partial charge >= 0.3 is 5.97 Å². The van der Waals surface area contributed by atoms with Crippen LogP contribution in [0.15, 0.2) is 18.3 Å². The Morgan fingerprint density at radius 3 is 2.93 bits per heavy atom. The number of ether oxygens (including phenoxy) is 1. The van der Waals surface area contributed by atoms with Crippen LogP contribution in [0.2, 0.25) is 5.15 Å². The predicted molar refractivity (Wildman–Crippen MR) is 52.3 cm³/mol. The Morgan fingerprint density at radius 1 is 1.57 bits per heavy atom. The summed E-state index contributed by atoms with van der Waals surface area (Å²) in [5.41, 5.74) is 0.454. The summed E-state index contributed by atoms with van der Waals surface area (Å²) in [4.78, 5) is 15.2. The van der Waals surface area contributed by atoms with Gasteiger partial charge in [0.05, 0.1) is 12.2 Å². The summed E-state index contributed by atoms with van der Waals surface area (Å²) in [6.45, 7) is 0.529. The highest BCUT2D eigenvalue weighted by Crippen LogP contribution is 2.29. The molecule has 74 valence electrons. The van der Waals surface area contributed by atoms with Gasteiger partial charge in [0.1, 0.15) is 5.15 Å². The second kappa shape index (κ2) is 3.96. The number of nitrogens with zero attached hydrogens (tertiary/aromatic N) is 1. The van der Waals surface area contributed by atoms with E-state index in [2.05, 4.69) is 4.98 Å². The molecule has 0 bridgehead atoms. The molecule has 0 saturated heterocycles. The first kappa shape index (κ1) is 9.46. The van der Waals surface area contributed by atoms with Gasteiger partial charge in [-0.1, -0.05) is 11.6 Å². The van der Waals surface area contributed by atoms with E-state index in [0.29, 0.717) is 23.2 Å². The zero-order valence-corrected chi connectivity index (χ0v) is 8.33. The van der Waals surface area contributed by atoms with Crippen molar-refractivity contribution in [3.63, 3.8) is 0 Å². The van der Waals surface area contributed by atoms with Crippen molar-refractivity contribution >= 4 is 17.6 Å². The molecule has 0 N–H and O–H groups in total. The molecule has 1 aliphatic rings. The number of pyridine rings is 1. The summed E-state index contributed by atoms with van der Waals surface area (Å²) < 4.78 is 5.07. The van der Waals surface area contributed by atoms with Gasteiger partial charge in [0.2, 0.25) is 0 Å². The molecule has 2 rings (SSSR count). The van der Waals surface area contributed by atoms with E-state index in [0.717, 1.165) is 0 Å². The molecule has 4 heteroatoms. The average molecular weight is 212 g/mol. The maximum atomic E-state index is 11.4. The minimum absolute atomic E-state index is 0.318. The summed E-state index contributed by atoms with van der Waals surface area (Å²) in [5.74, 6) is 0.264. The fraction of sp³-hybridized carbons (Fsp3) is 0.400. The number of carbonyl (C=O) groups excluding carboxylic acids is 1. The minimum atomic E-state index is -0.318. The first-order valence-electron chi connectivity index (χ1n) is 4.54. The summed E-state index contributed by atoms with van der Waals surface area (Å²) in [5, 5.41) is 0.378. The van der Waals surface area contributed by atoms with Gasteiger partial charge in [-0.05, 0) is 30.9 Å². The number of carbonyl (C=O) groups is 1. The molecule has 0 unspecified atom stereocenters. The van der Waals surface area contributed by atoms with Gasteiger partial charge in [0, 0.05) is 6.20 Å². The van der Waals surface area contributed by atoms with Gasteiger partial charge in [-0.3, -0.25) is 0 Å². The number of esters is 1. The Labute approximate surface area is 87.0 Å². The summed E-state index contributed by atoms with van der Waals surface area (Å²) in [6.07, 6.45) is 3.77. The van der Waals surface area contributed by atoms with Crippen LogP contribution in [0.25, 0.3) is 0 Å². The van der Waals surface area contributed by atoms with Crippen molar-refractivity contribution in [2.24, 2.45) is 5.92 Å². The maximum absolute atomic E-state index is 11.4. The molecule has 0 amide bonds. The van der Waals surface area contributed by atoms with Crippen molar-refractivity contribution in [2.75, 3.05) is 6.61 Å². The van der Waals surface area contributed by atoms with Gasteiger partial charge in [-0.25, -0.2) is 9.78 Å². The third kappa shape index (κ3) is 2.45. The molecule has 1 aromatic heterocycles. The lowest BCUT2D eigenvalue weighted by Crippen LogP contribution is -2.07. The summed E-state index contributed by atoms with van der Waals surface area (Å²) in [6, 6.07) is 3.19. The van der Waals surface area contributed by atoms with E-state index in [9.17, 15) is 4.79 Å². The predicted octanol–water partition coefficient (Wildman–Crippen LogP) is 2.30. The Hall–Kier alpha value is -1.09. The summed E-state index contributed by atoms with van der Waals surface area (Å²) >= 11 is 5.59. The fourth-order valence-electron chi connectivity index (χ4n) is 1.06. The van der Waals surface area contributed by atoms with Crippen LogP contribution in [0, 0.1) is 5.92 Å². The monoisotopic (exact) mass is 211 g/mol. The molecule has 1 aromatic rings. The lowest BCUT2D eigenvalue weighted by Gasteiger charge is -2.02. The molecule has 3 nitrogen and oxygen atoms in total. The van der Waals surface area contributed by atoms with Crippen LogP contribution in [0.5, 0.6) is 0 Å². The quantitative estimate of drug-likeness (QED) is 0.569. The van der Waals surface area contributed by atoms with Crippen molar-refractivity contribution in [1.29, 1.82) is 0 Å². The molecular formula is C10H10ClNO2. The van der Waals surface area contributed by atoms with Crippen molar-refractivity contribution in [3.8, 4) is 0 Å². The van der Waals surface area contributed by atoms with Crippen LogP contribution < -0.4 is 0 Å². The normalized spacial score (nSPS) is 15.2. The zero-order chi connectivity index (χ0) is 9.97. The number of halogens is 1. The highest BCUT2D eigenvalue weighted by Gasteiger charge is 2.23. The molecule has 1 heterocycles. The van der Waals surface area contributed by atoms with Crippen molar-refractivity contribution in [1.82, 2.24) is 4.98 Å². The fourth-order valence-corrected chi connectivity index (χ4v) is 1.17. The number of aromatic nitrogens is 1. The molecule has 0 atom stereocenters. The van der Waals surface area contributed by atoms with Crippen LogP contribution in [-0.2, 0) is 4.74 Å². The number of rotatable bonds is 3. The van der Waals surface area contributed by atoms with E-state index >= 15 is 0 Å². The molecule has 14 heavy (non-hydrogen) atoms. The smallest absolute Gasteiger partial charge is 0.339 e. The van der Waals surface area contributed by atoms with Crippen LogP contribution in [-0.4, -0.2) is 17.6 Å². The van der Waals surface area contributed by atoms with Crippen molar-refractivity contribution < 1.29 is 9.53 Å². The van der Waals surface area contributed by atoms with E-state index in [1.54, 1.807) is 12.1 Å². The first-order chi connectivity index (χ1) is 6.75. The second-order valence-corrected chi connectivity index (χ2v) is 3.80. The van der Waals surface area contributed by atoms with E-state index in [-0.39, 0.29) is 5.97 Å². The highest BCUT2D eigenvalue weighted by atomic mass is 35.5. The summed E-state index contributed by atoms with van der Waals surface area (Å²) in [7, 11) is 0. The van der Waals surface area contributed by atoms with E-state index < -0.39 is 0 Å². The van der Waals surface area contributed by atoms with E-state index in [4.69, 9.17) is 16.3 Å². The highest BCUT2D eigenvalue weighted by molar-refractivity contribution is 6.29. The Bertz CT molecular complexity index is 332. The maximum Gasteiger partial charge on any atom is 0.339 e. The standard InChI is InChI=1S/C10H10ClNO2/c11-9-4-3-8(5-12-9)10(13)14-6-7-1-2-7/h3-5,7H,1-2,6H2. The van der Waals surface area contributed by atoms with Gasteiger partial charge in [0.15, 0.2) is 0 Å². The Kier molecular flexibility index (Phi) is 2.68. The Balaban J connectivity index is 1.92. The molecule has 0 radical (unpaired) electrons. The van der Waals surface area contributed by atoms with Crippen LogP contribution in [0.3, 0.4) is 0 Å². The molecular weight excluding hydrogens is 202 g/mol. The number of hydrogen-bond donors (Lipinski definition) is 0. The SMILES string of the molecule is O=C(OCC1CC1)c1ccc(Cl)nc1. The third-order valence-corrected chi connectivity index (χ3v) is 2.33. The molecule has 0 aliphatic heterocycles. The molecule has 1 aliphatic carbocycles. The average Bonchev–Trinajstić information content (AvgIpc) is 2.99. The van der Waals surface area contributed by atoms with E-state index in [1.807, 2.05) is 0 Å². The van der Waals surface area contributed by atoms with Gasteiger partial charge < -0.3 is 4.74 Å². The topological polar surface area (TPSA) is 39.2 Å². The van der Waals surface area contributed by atoms with Crippen LogP contribution in [0.4, 0.5) is 0 Å².